The second-order valence-corrected chi connectivity index (χ2v) is 6.33. The molecule has 0 radical (unpaired) electrons. The van der Waals surface area contributed by atoms with E-state index < -0.39 is 0 Å². The average Bonchev–Trinajstić information content (AvgIpc) is 2.75. The molecule has 0 aromatic heterocycles. The van der Waals surface area contributed by atoms with Crippen molar-refractivity contribution in [1.29, 1.82) is 0 Å². The lowest BCUT2D eigenvalue weighted by atomic mass is 9.96. The maximum absolute atomic E-state index is 12.4. The monoisotopic (exact) mass is 299 g/mol. The van der Waals surface area contributed by atoms with E-state index in [9.17, 15) is 9.59 Å². The van der Waals surface area contributed by atoms with Crippen LogP contribution < -0.4 is 0 Å². The minimum absolute atomic E-state index is 0.0207. The largest absolute Gasteiger partial charge is 0.428 e. The molecule has 1 aliphatic carbocycles. The minimum atomic E-state index is -0.358. The van der Waals surface area contributed by atoms with Gasteiger partial charge in [-0.2, -0.15) is 0 Å². The highest BCUT2D eigenvalue weighted by atomic mass is 16.5. The molecule has 0 N–H and O–H groups in total. The molecule has 1 aromatic carbocycles. The third kappa shape index (κ3) is 2.54. The van der Waals surface area contributed by atoms with Crippen LogP contribution in [0.5, 0.6) is 0 Å². The molecule has 1 amide bonds. The van der Waals surface area contributed by atoms with Gasteiger partial charge in [0.05, 0.1) is 5.56 Å². The number of hydrogen-bond donors (Lipinski definition) is 0. The van der Waals surface area contributed by atoms with Crippen LogP contribution in [0.4, 0.5) is 0 Å². The van der Waals surface area contributed by atoms with Crippen molar-refractivity contribution in [2.75, 3.05) is 7.05 Å². The zero-order valence-corrected chi connectivity index (χ0v) is 13.3. The highest BCUT2D eigenvalue weighted by Crippen LogP contribution is 2.29. The first-order valence-corrected chi connectivity index (χ1v) is 7.78. The Kier molecular flexibility index (Phi) is 3.77. The molecule has 1 heterocycles. The number of rotatable bonds is 2. The highest BCUT2D eigenvalue weighted by molar-refractivity contribution is 6.03. The Balaban J connectivity index is 1.87. The zero-order chi connectivity index (χ0) is 15.9. The van der Waals surface area contributed by atoms with Crippen molar-refractivity contribution in [3.63, 3.8) is 0 Å². The number of carbonyl (C=O) groups excluding carboxylic acids is 2. The van der Waals surface area contributed by atoms with Gasteiger partial charge in [0.2, 0.25) is 0 Å². The van der Waals surface area contributed by atoms with Gasteiger partial charge >= 0.3 is 5.97 Å². The summed E-state index contributed by atoms with van der Waals surface area (Å²) in [7, 11) is 1.77. The summed E-state index contributed by atoms with van der Waals surface area (Å²) >= 11 is 0. The predicted molar refractivity (Wildman–Crippen MR) is 83.5 cm³/mol. The second-order valence-electron chi connectivity index (χ2n) is 6.33. The van der Waals surface area contributed by atoms with Crippen LogP contribution in [-0.4, -0.2) is 23.8 Å². The van der Waals surface area contributed by atoms with Gasteiger partial charge in [-0.25, -0.2) is 4.79 Å². The predicted octanol–water partition coefficient (Wildman–Crippen LogP) is 3.44. The molecule has 1 unspecified atom stereocenters. The van der Waals surface area contributed by atoms with Crippen LogP contribution >= 0.6 is 0 Å². The quantitative estimate of drug-likeness (QED) is 0.786. The first-order chi connectivity index (χ1) is 10.5. The van der Waals surface area contributed by atoms with Crippen molar-refractivity contribution in [2.24, 2.45) is 5.92 Å². The van der Waals surface area contributed by atoms with Crippen molar-refractivity contribution in [3.8, 4) is 0 Å². The van der Waals surface area contributed by atoms with E-state index in [0.29, 0.717) is 23.6 Å². The lowest BCUT2D eigenvalue weighted by molar-refractivity contribution is 0.0604. The SMILES string of the molecule is Cc1c(C(=O)OC2=CC(C)CCC2)ccc2c1C(=O)N(C)C2. The number of amides is 1. The number of hydrogen-bond acceptors (Lipinski definition) is 3. The van der Waals surface area contributed by atoms with Gasteiger partial charge in [-0.05, 0) is 49.0 Å². The number of allylic oxidation sites excluding steroid dienone is 2. The van der Waals surface area contributed by atoms with E-state index in [0.717, 1.165) is 36.1 Å². The second kappa shape index (κ2) is 5.59. The summed E-state index contributed by atoms with van der Waals surface area (Å²) in [6.45, 7) is 4.56. The van der Waals surface area contributed by atoms with Crippen molar-refractivity contribution in [2.45, 2.75) is 39.7 Å². The van der Waals surface area contributed by atoms with Crippen LogP contribution in [0.3, 0.4) is 0 Å². The molecule has 22 heavy (non-hydrogen) atoms. The molecule has 1 aromatic rings. The molecule has 1 aliphatic heterocycles. The fraction of sp³-hybridized carbons (Fsp3) is 0.444. The molecular formula is C18H21NO3. The Hall–Kier alpha value is -2.10. The third-order valence-electron chi connectivity index (χ3n) is 4.52. The smallest absolute Gasteiger partial charge is 0.343 e. The number of fused-ring (bicyclic) bond motifs is 1. The van der Waals surface area contributed by atoms with E-state index in [4.69, 9.17) is 4.74 Å². The summed E-state index contributed by atoms with van der Waals surface area (Å²) < 4.78 is 5.55. The number of ether oxygens (including phenoxy) is 1. The minimum Gasteiger partial charge on any atom is -0.428 e. The summed E-state index contributed by atoms with van der Waals surface area (Å²) in [6.07, 6.45) is 5.03. The molecular weight excluding hydrogens is 278 g/mol. The van der Waals surface area contributed by atoms with E-state index >= 15 is 0 Å². The average molecular weight is 299 g/mol. The lowest BCUT2D eigenvalue weighted by Gasteiger charge is -2.18. The van der Waals surface area contributed by atoms with Gasteiger partial charge in [0.15, 0.2) is 0 Å². The zero-order valence-electron chi connectivity index (χ0n) is 13.3. The first kappa shape index (κ1) is 14.8. The van der Waals surface area contributed by atoms with Gasteiger partial charge in [-0.3, -0.25) is 4.79 Å². The summed E-state index contributed by atoms with van der Waals surface area (Å²) in [5.74, 6) is 0.829. The van der Waals surface area contributed by atoms with Crippen molar-refractivity contribution in [1.82, 2.24) is 4.90 Å². The van der Waals surface area contributed by atoms with Gasteiger partial charge in [0.1, 0.15) is 5.76 Å². The fourth-order valence-corrected chi connectivity index (χ4v) is 3.28. The molecule has 3 rings (SSSR count). The van der Waals surface area contributed by atoms with E-state index in [-0.39, 0.29) is 11.9 Å². The highest BCUT2D eigenvalue weighted by Gasteiger charge is 2.29. The van der Waals surface area contributed by atoms with E-state index in [1.54, 1.807) is 18.0 Å². The van der Waals surface area contributed by atoms with E-state index in [1.807, 2.05) is 19.1 Å². The van der Waals surface area contributed by atoms with Crippen molar-refractivity contribution in [3.05, 3.63) is 46.2 Å². The summed E-state index contributed by atoms with van der Waals surface area (Å²) in [5, 5.41) is 0. The van der Waals surface area contributed by atoms with E-state index in [1.165, 1.54) is 0 Å². The topological polar surface area (TPSA) is 46.6 Å². The molecule has 0 saturated carbocycles. The number of nitrogens with zero attached hydrogens (tertiary/aromatic N) is 1. The third-order valence-corrected chi connectivity index (χ3v) is 4.52. The fourth-order valence-electron chi connectivity index (χ4n) is 3.28. The van der Waals surface area contributed by atoms with Gasteiger partial charge in [-0.15, -0.1) is 0 Å². The standard InChI is InChI=1S/C18H21NO3/c1-11-5-4-6-14(9-11)22-18(21)15-8-7-13-10-19(3)17(20)16(13)12(15)2/h7-9,11H,4-6,10H2,1-3H3. The van der Waals surface area contributed by atoms with Gasteiger partial charge in [-0.1, -0.05) is 13.0 Å². The number of carbonyl (C=O) groups is 2. The molecule has 0 fully saturated rings. The van der Waals surface area contributed by atoms with Crippen LogP contribution in [0, 0.1) is 12.8 Å². The molecule has 2 aliphatic rings. The van der Waals surface area contributed by atoms with Crippen LogP contribution in [0.1, 0.15) is 58.0 Å². The molecule has 1 atom stereocenters. The van der Waals surface area contributed by atoms with Crippen LogP contribution in [0.15, 0.2) is 24.0 Å². The summed E-state index contributed by atoms with van der Waals surface area (Å²) in [6, 6.07) is 3.63. The van der Waals surface area contributed by atoms with Gasteiger partial charge < -0.3 is 9.64 Å². The maximum Gasteiger partial charge on any atom is 0.343 e. The normalized spacial score (nSPS) is 20.7. The van der Waals surface area contributed by atoms with Crippen LogP contribution in [0.25, 0.3) is 0 Å². The van der Waals surface area contributed by atoms with Crippen molar-refractivity contribution < 1.29 is 14.3 Å². The number of benzene rings is 1. The molecule has 0 bridgehead atoms. The molecule has 4 nitrogen and oxygen atoms in total. The van der Waals surface area contributed by atoms with Crippen molar-refractivity contribution >= 4 is 11.9 Å². The molecule has 0 spiro atoms. The number of esters is 1. The Labute approximate surface area is 130 Å². The van der Waals surface area contributed by atoms with E-state index in [2.05, 4.69) is 6.92 Å². The first-order valence-electron chi connectivity index (χ1n) is 7.78. The Morgan fingerprint density at radius 1 is 1.36 bits per heavy atom. The van der Waals surface area contributed by atoms with Gasteiger partial charge in [0.25, 0.3) is 5.91 Å². The molecule has 116 valence electrons. The van der Waals surface area contributed by atoms with Gasteiger partial charge in [0, 0.05) is 25.6 Å². The lowest BCUT2D eigenvalue weighted by Crippen LogP contribution is -2.18. The van der Waals surface area contributed by atoms with Crippen LogP contribution in [0.2, 0.25) is 0 Å². The molecule has 4 heteroatoms. The Morgan fingerprint density at radius 2 is 2.14 bits per heavy atom. The maximum atomic E-state index is 12.4. The molecule has 0 saturated heterocycles. The summed E-state index contributed by atoms with van der Waals surface area (Å²) in [4.78, 5) is 26.3. The Bertz CT molecular complexity index is 675. The Morgan fingerprint density at radius 3 is 2.86 bits per heavy atom. The summed E-state index contributed by atoms with van der Waals surface area (Å²) in [5.41, 5.74) is 2.85. The van der Waals surface area contributed by atoms with Crippen LogP contribution in [-0.2, 0) is 11.3 Å².